The average molecular weight is 385 g/mol. The third-order valence-electron chi connectivity index (χ3n) is 4.07. The number of pyridine rings is 1. The molecule has 0 atom stereocenters. The van der Waals surface area contributed by atoms with E-state index in [9.17, 15) is 4.79 Å². The van der Waals surface area contributed by atoms with Crippen LogP contribution in [0.15, 0.2) is 48.9 Å². The summed E-state index contributed by atoms with van der Waals surface area (Å²) in [7, 11) is 0. The van der Waals surface area contributed by atoms with Crippen molar-refractivity contribution in [2.45, 2.75) is 13.0 Å². The predicted octanol–water partition coefficient (Wildman–Crippen LogP) is 3.01. The number of fused-ring (bicyclic) bond motifs is 1. The second kappa shape index (κ2) is 7.67. The van der Waals surface area contributed by atoms with Gasteiger partial charge in [0.1, 0.15) is 0 Å². The van der Waals surface area contributed by atoms with Crippen LogP contribution in [0.25, 0.3) is 5.82 Å². The van der Waals surface area contributed by atoms with Crippen molar-refractivity contribution in [3.8, 4) is 17.3 Å². The van der Waals surface area contributed by atoms with E-state index in [-0.39, 0.29) is 5.91 Å². The lowest BCUT2D eigenvalue weighted by Crippen LogP contribution is -2.23. The molecule has 0 unspecified atom stereocenters. The summed E-state index contributed by atoms with van der Waals surface area (Å²) in [5.74, 6) is 1.43. The highest BCUT2D eigenvalue weighted by Gasteiger charge is 2.18. The fourth-order valence-electron chi connectivity index (χ4n) is 2.75. The lowest BCUT2D eigenvalue weighted by atomic mass is 10.1. The highest BCUT2D eigenvalue weighted by molar-refractivity contribution is 6.32. The van der Waals surface area contributed by atoms with Crippen molar-refractivity contribution < 1.29 is 14.3 Å². The maximum absolute atomic E-state index is 12.6. The molecule has 0 saturated carbocycles. The minimum atomic E-state index is -0.245. The summed E-state index contributed by atoms with van der Waals surface area (Å²) in [6.07, 6.45) is 5.95. The molecule has 0 bridgehead atoms. The topological polar surface area (TPSA) is 78.3 Å². The summed E-state index contributed by atoms with van der Waals surface area (Å²) in [5.41, 5.74) is 1.33. The number of benzene rings is 1. The Morgan fingerprint density at radius 1 is 1.22 bits per heavy atom. The Morgan fingerprint density at radius 2 is 2.11 bits per heavy atom. The first-order valence-corrected chi connectivity index (χ1v) is 8.91. The largest absolute Gasteiger partial charge is 0.489 e. The highest BCUT2D eigenvalue weighted by Crippen LogP contribution is 2.37. The standard InChI is InChI=1S/C19H17ClN4O3/c20-15-10-14(11-16-18(15)27-8-2-7-26-16)19(25)22-12-13-3-5-21-17(9-13)24-6-1-4-23-24/h1,3-6,9-11H,2,7-8,12H2,(H,22,25). The second-order valence-corrected chi connectivity index (χ2v) is 6.40. The number of rotatable bonds is 4. The number of nitrogens with zero attached hydrogens (tertiary/aromatic N) is 3. The van der Waals surface area contributed by atoms with Crippen LogP contribution in [0.2, 0.25) is 5.02 Å². The van der Waals surface area contributed by atoms with Crippen molar-refractivity contribution in [2.75, 3.05) is 13.2 Å². The van der Waals surface area contributed by atoms with E-state index in [4.69, 9.17) is 21.1 Å². The fourth-order valence-corrected chi connectivity index (χ4v) is 3.01. The molecule has 138 valence electrons. The van der Waals surface area contributed by atoms with Crippen LogP contribution < -0.4 is 14.8 Å². The fraction of sp³-hybridized carbons (Fsp3) is 0.211. The molecule has 3 heterocycles. The van der Waals surface area contributed by atoms with Crippen molar-refractivity contribution in [2.24, 2.45) is 0 Å². The number of hydrogen-bond donors (Lipinski definition) is 1. The predicted molar refractivity (Wildman–Crippen MR) is 99.6 cm³/mol. The van der Waals surface area contributed by atoms with Crippen LogP contribution >= 0.6 is 11.6 Å². The van der Waals surface area contributed by atoms with Gasteiger partial charge in [0.15, 0.2) is 17.3 Å². The first kappa shape index (κ1) is 17.4. The SMILES string of the molecule is O=C(NCc1ccnc(-n2cccn2)c1)c1cc(Cl)c2c(c1)OCCCO2. The van der Waals surface area contributed by atoms with Crippen LogP contribution in [0.5, 0.6) is 11.5 Å². The van der Waals surface area contributed by atoms with Crippen LogP contribution in [-0.2, 0) is 6.54 Å². The number of nitrogens with one attached hydrogen (secondary N) is 1. The molecular weight excluding hydrogens is 368 g/mol. The van der Waals surface area contributed by atoms with Gasteiger partial charge in [-0.15, -0.1) is 0 Å². The molecule has 1 aliphatic rings. The van der Waals surface area contributed by atoms with Crippen molar-refractivity contribution in [3.05, 3.63) is 65.1 Å². The Morgan fingerprint density at radius 3 is 2.96 bits per heavy atom. The van der Waals surface area contributed by atoms with Gasteiger partial charge in [0.05, 0.1) is 18.2 Å². The molecule has 4 rings (SSSR count). The summed E-state index contributed by atoms with van der Waals surface area (Å²) >= 11 is 6.26. The van der Waals surface area contributed by atoms with Gasteiger partial charge < -0.3 is 14.8 Å². The zero-order valence-electron chi connectivity index (χ0n) is 14.4. The van der Waals surface area contributed by atoms with Crippen molar-refractivity contribution >= 4 is 17.5 Å². The third-order valence-corrected chi connectivity index (χ3v) is 4.35. The second-order valence-electron chi connectivity index (χ2n) is 5.99. The van der Waals surface area contributed by atoms with Crippen LogP contribution in [0.4, 0.5) is 0 Å². The molecule has 2 aromatic heterocycles. The zero-order chi connectivity index (χ0) is 18.6. The third kappa shape index (κ3) is 3.88. The smallest absolute Gasteiger partial charge is 0.251 e. The zero-order valence-corrected chi connectivity index (χ0v) is 15.1. The summed E-state index contributed by atoms with van der Waals surface area (Å²) in [6.45, 7) is 1.42. The molecule has 27 heavy (non-hydrogen) atoms. The normalized spacial score (nSPS) is 13.1. The van der Waals surface area contributed by atoms with E-state index in [2.05, 4.69) is 15.4 Å². The lowest BCUT2D eigenvalue weighted by Gasteiger charge is -2.12. The Bertz CT molecular complexity index is 960. The van der Waals surface area contributed by atoms with Gasteiger partial charge in [-0.05, 0) is 35.9 Å². The molecule has 1 amide bonds. The van der Waals surface area contributed by atoms with Crippen LogP contribution in [0.3, 0.4) is 0 Å². The van der Waals surface area contributed by atoms with E-state index in [1.807, 2.05) is 24.4 Å². The van der Waals surface area contributed by atoms with Gasteiger partial charge in [-0.25, -0.2) is 9.67 Å². The maximum Gasteiger partial charge on any atom is 0.251 e. The van der Waals surface area contributed by atoms with Gasteiger partial charge in [0.2, 0.25) is 0 Å². The number of carbonyl (C=O) groups is 1. The molecule has 0 aliphatic carbocycles. The first-order valence-electron chi connectivity index (χ1n) is 8.53. The number of amides is 1. The van der Waals surface area contributed by atoms with Crippen LogP contribution in [0, 0.1) is 0 Å². The summed E-state index contributed by atoms with van der Waals surface area (Å²) in [6, 6.07) is 8.78. The number of ether oxygens (including phenoxy) is 2. The Kier molecular flexibility index (Phi) is 4.93. The first-order chi connectivity index (χ1) is 13.2. The number of hydrogen-bond acceptors (Lipinski definition) is 5. The maximum atomic E-state index is 12.6. The van der Waals surface area contributed by atoms with Gasteiger partial charge >= 0.3 is 0 Å². The molecular formula is C19H17ClN4O3. The van der Waals surface area contributed by atoms with Crippen molar-refractivity contribution in [1.82, 2.24) is 20.1 Å². The molecule has 0 saturated heterocycles. The van der Waals surface area contributed by atoms with Gasteiger partial charge in [0.25, 0.3) is 5.91 Å². The van der Waals surface area contributed by atoms with Crippen LogP contribution in [0.1, 0.15) is 22.3 Å². The minimum absolute atomic E-state index is 0.245. The molecule has 7 nitrogen and oxygen atoms in total. The average Bonchev–Trinajstić information content (AvgIpc) is 3.12. The molecule has 1 aliphatic heterocycles. The Labute approximate surface area is 160 Å². The van der Waals surface area contributed by atoms with E-state index >= 15 is 0 Å². The van der Waals surface area contributed by atoms with E-state index in [0.29, 0.717) is 47.7 Å². The summed E-state index contributed by atoms with van der Waals surface area (Å²) in [5, 5.41) is 7.41. The molecule has 0 spiro atoms. The van der Waals surface area contributed by atoms with Crippen molar-refractivity contribution in [1.29, 1.82) is 0 Å². The Balaban J connectivity index is 1.48. The highest BCUT2D eigenvalue weighted by atomic mass is 35.5. The minimum Gasteiger partial charge on any atom is -0.489 e. The number of carbonyl (C=O) groups excluding carboxylic acids is 1. The molecule has 0 fully saturated rings. The molecule has 1 N–H and O–H groups in total. The molecule has 0 radical (unpaired) electrons. The van der Waals surface area contributed by atoms with Gasteiger partial charge in [-0.1, -0.05) is 11.6 Å². The molecule has 1 aromatic carbocycles. The molecule has 8 heteroatoms. The van der Waals surface area contributed by atoms with E-state index in [1.165, 1.54) is 0 Å². The lowest BCUT2D eigenvalue weighted by molar-refractivity contribution is 0.0950. The van der Waals surface area contributed by atoms with Gasteiger partial charge in [0, 0.05) is 37.1 Å². The number of aromatic nitrogens is 3. The summed E-state index contributed by atoms with van der Waals surface area (Å²) < 4.78 is 12.9. The monoisotopic (exact) mass is 384 g/mol. The number of halogens is 1. The Hall–Kier alpha value is -3.06. The summed E-state index contributed by atoms with van der Waals surface area (Å²) in [4.78, 5) is 16.8. The van der Waals surface area contributed by atoms with E-state index < -0.39 is 0 Å². The van der Waals surface area contributed by atoms with Gasteiger partial charge in [-0.3, -0.25) is 4.79 Å². The molecule has 3 aromatic rings. The van der Waals surface area contributed by atoms with E-state index in [1.54, 1.807) is 29.2 Å². The van der Waals surface area contributed by atoms with Crippen molar-refractivity contribution in [3.63, 3.8) is 0 Å². The van der Waals surface area contributed by atoms with E-state index in [0.717, 1.165) is 12.0 Å². The van der Waals surface area contributed by atoms with Crippen LogP contribution in [-0.4, -0.2) is 33.9 Å². The van der Waals surface area contributed by atoms with Gasteiger partial charge in [-0.2, -0.15) is 5.10 Å². The quantitative estimate of drug-likeness (QED) is 0.748.